The van der Waals surface area contributed by atoms with Crippen molar-refractivity contribution in [2.45, 2.75) is 64.8 Å². The smallest absolute Gasteiger partial charge is 0.184 e. The van der Waals surface area contributed by atoms with Crippen LogP contribution in [0.2, 0.25) is 19.6 Å². The van der Waals surface area contributed by atoms with Gasteiger partial charge in [-0.25, -0.2) is 4.39 Å². The summed E-state index contributed by atoms with van der Waals surface area (Å²) in [6.45, 7) is 8.46. The van der Waals surface area contributed by atoms with Gasteiger partial charge in [0.05, 0.1) is 0 Å². The summed E-state index contributed by atoms with van der Waals surface area (Å²) in [7, 11) is -1.47. The first kappa shape index (κ1) is 15.8. The maximum absolute atomic E-state index is 12.0. The molecule has 0 aliphatic carbocycles. The van der Waals surface area contributed by atoms with E-state index < -0.39 is 8.32 Å². The fourth-order valence-electron chi connectivity index (χ4n) is 1.66. The van der Waals surface area contributed by atoms with Crippen LogP contribution in [0, 0.1) is 0 Å². The molecule has 0 aromatic rings. The lowest BCUT2D eigenvalue weighted by molar-refractivity contribution is 0.182. The minimum atomic E-state index is -1.47. The molecule has 0 aromatic heterocycles. The van der Waals surface area contributed by atoms with Crippen molar-refractivity contribution in [1.29, 1.82) is 0 Å². The largest absolute Gasteiger partial charge is 0.414 e. The average molecular weight is 246 g/mol. The van der Waals surface area contributed by atoms with Crippen molar-refractivity contribution in [3.05, 3.63) is 12.2 Å². The standard InChI is InChI=1S/C13H27FOSi/c1-5-6-7-10-13(11-8-9-12-14)15-16(2,3)4/h8-9,13H,5-7,10-12H2,1-4H3. The lowest BCUT2D eigenvalue weighted by atomic mass is 10.1. The van der Waals surface area contributed by atoms with E-state index in [2.05, 4.69) is 26.6 Å². The molecular formula is C13H27FOSi. The molecule has 0 saturated carbocycles. The fourth-order valence-corrected chi connectivity index (χ4v) is 2.87. The molecule has 0 N–H and O–H groups in total. The number of allylic oxidation sites excluding steroid dienone is 1. The summed E-state index contributed by atoms with van der Waals surface area (Å²) in [6.07, 6.45) is 9.47. The first-order chi connectivity index (χ1) is 7.49. The molecule has 0 aliphatic heterocycles. The molecule has 0 amide bonds. The van der Waals surface area contributed by atoms with Gasteiger partial charge < -0.3 is 4.43 Å². The average Bonchev–Trinajstić information content (AvgIpc) is 2.16. The molecular weight excluding hydrogens is 219 g/mol. The molecule has 96 valence electrons. The van der Waals surface area contributed by atoms with Crippen LogP contribution in [-0.2, 0) is 4.43 Å². The van der Waals surface area contributed by atoms with Crippen LogP contribution in [0.1, 0.15) is 39.0 Å². The highest BCUT2D eigenvalue weighted by Gasteiger charge is 2.19. The zero-order chi connectivity index (χ0) is 12.4. The van der Waals surface area contributed by atoms with Gasteiger partial charge in [0.15, 0.2) is 8.32 Å². The minimum Gasteiger partial charge on any atom is -0.414 e. The van der Waals surface area contributed by atoms with E-state index in [0.717, 1.165) is 12.8 Å². The molecule has 0 heterocycles. The molecule has 0 aliphatic rings. The number of unbranched alkanes of at least 4 members (excludes halogenated alkanes) is 2. The summed E-state index contributed by atoms with van der Waals surface area (Å²) in [5.41, 5.74) is 0. The van der Waals surface area contributed by atoms with E-state index in [9.17, 15) is 4.39 Å². The zero-order valence-electron chi connectivity index (χ0n) is 11.3. The van der Waals surface area contributed by atoms with Crippen LogP contribution in [0.15, 0.2) is 12.2 Å². The van der Waals surface area contributed by atoms with Gasteiger partial charge in [0.2, 0.25) is 0 Å². The van der Waals surface area contributed by atoms with Gasteiger partial charge in [-0.3, -0.25) is 0 Å². The van der Waals surface area contributed by atoms with E-state index in [1.165, 1.54) is 19.3 Å². The maximum Gasteiger partial charge on any atom is 0.184 e. The van der Waals surface area contributed by atoms with Crippen molar-refractivity contribution >= 4 is 8.32 Å². The lowest BCUT2D eigenvalue weighted by Gasteiger charge is -2.25. The molecule has 1 unspecified atom stereocenters. The molecule has 0 saturated heterocycles. The molecule has 0 rings (SSSR count). The van der Waals surface area contributed by atoms with Gasteiger partial charge in [0, 0.05) is 6.10 Å². The quantitative estimate of drug-likeness (QED) is 0.325. The van der Waals surface area contributed by atoms with Gasteiger partial charge in [0.25, 0.3) is 0 Å². The van der Waals surface area contributed by atoms with E-state index in [1.807, 2.05) is 6.08 Å². The van der Waals surface area contributed by atoms with E-state index >= 15 is 0 Å². The Balaban J connectivity index is 4.00. The highest BCUT2D eigenvalue weighted by Crippen LogP contribution is 2.16. The molecule has 0 fully saturated rings. The van der Waals surface area contributed by atoms with Crippen molar-refractivity contribution in [2.75, 3.05) is 6.67 Å². The molecule has 16 heavy (non-hydrogen) atoms. The minimum absolute atomic E-state index is 0.293. The normalized spacial score (nSPS) is 14.6. The number of hydrogen-bond donors (Lipinski definition) is 0. The summed E-state index contributed by atoms with van der Waals surface area (Å²) >= 11 is 0. The SMILES string of the molecule is CCCCCC(CC=CCF)O[Si](C)(C)C. The highest BCUT2D eigenvalue weighted by molar-refractivity contribution is 6.69. The lowest BCUT2D eigenvalue weighted by Crippen LogP contribution is -2.31. The number of halogens is 1. The highest BCUT2D eigenvalue weighted by atomic mass is 28.4. The summed E-state index contributed by atoms with van der Waals surface area (Å²) in [5.74, 6) is 0. The van der Waals surface area contributed by atoms with Gasteiger partial charge in [-0.2, -0.15) is 0 Å². The van der Waals surface area contributed by atoms with Crippen molar-refractivity contribution in [3.8, 4) is 0 Å². The van der Waals surface area contributed by atoms with Gasteiger partial charge in [-0.05, 0) is 32.5 Å². The second-order valence-electron chi connectivity index (χ2n) is 5.21. The third-order valence-corrected chi connectivity index (χ3v) is 3.35. The fraction of sp³-hybridized carbons (Fsp3) is 0.846. The summed E-state index contributed by atoms with van der Waals surface area (Å²) in [5, 5.41) is 0. The Bertz CT molecular complexity index is 187. The van der Waals surface area contributed by atoms with Crippen LogP contribution in [0.5, 0.6) is 0 Å². The second kappa shape index (κ2) is 8.94. The van der Waals surface area contributed by atoms with Gasteiger partial charge >= 0.3 is 0 Å². The molecule has 1 nitrogen and oxygen atoms in total. The van der Waals surface area contributed by atoms with Gasteiger partial charge in [-0.15, -0.1) is 0 Å². The van der Waals surface area contributed by atoms with Crippen LogP contribution < -0.4 is 0 Å². The predicted octanol–water partition coefficient (Wildman–Crippen LogP) is 4.70. The first-order valence-electron chi connectivity index (χ1n) is 6.38. The Morgan fingerprint density at radius 2 is 1.88 bits per heavy atom. The molecule has 1 atom stereocenters. The number of hydrogen-bond acceptors (Lipinski definition) is 1. The van der Waals surface area contributed by atoms with Crippen LogP contribution in [-0.4, -0.2) is 21.1 Å². The monoisotopic (exact) mass is 246 g/mol. The van der Waals surface area contributed by atoms with E-state index in [1.54, 1.807) is 6.08 Å². The van der Waals surface area contributed by atoms with Crippen LogP contribution in [0.4, 0.5) is 4.39 Å². The summed E-state index contributed by atoms with van der Waals surface area (Å²) in [6, 6.07) is 0. The second-order valence-corrected chi connectivity index (χ2v) is 9.67. The van der Waals surface area contributed by atoms with E-state index in [-0.39, 0.29) is 6.67 Å². The van der Waals surface area contributed by atoms with Gasteiger partial charge in [-0.1, -0.05) is 38.3 Å². The summed E-state index contributed by atoms with van der Waals surface area (Å²) in [4.78, 5) is 0. The molecule has 3 heteroatoms. The van der Waals surface area contributed by atoms with E-state index in [0.29, 0.717) is 6.10 Å². The topological polar surface area (TPSA) is 9.23 Å². The first-order valence-corrected chi connectivity index (χ1v) is 9.79. The number of rotatable bonds is 9. The van der Waals surface area contributed by atoms with Crippen molar-refractivity contribution in [2.24, 2.45) is 0 Å². The Kier molecular flexibility index (Phi) is 8.85. The Hall–Kier alpha value is -0.153. The molecule has 0 spiro atoms. The number of alkyl halides is 1. The van der Waals surface area contributed by atoms with E-state index in [4.69, 9.17) is 4.43 Å². The summed E-state index contributed by atoms with van der Waals surface area (Å²) < 4.78 is 18.1. The predicted molar refractivity (Wildman–Crippen MR) is 72.1 cm³/mol. The van der Waals surface area contributed by atoms with Gasteiger partial charge in [0.1, 0.15) is 6.67 Å². The van der Waals surface area contributed by atoms with Crippen LogP contribution in [0.3, 0.4) is 0 Å². The molecule has 0 radical (unpaired) electrons. The van der Waals surface area contributed by atoms with Crippen molar-refractivity contribution in [3.63, 3.8) is 0 Å². The van der Waals surface area contributed by atoms with Crippen LogP contribution >= 0.6 is 0 Å². The third-order valence-electron chi connectivity index (χ3n) is 2.30. The maximum atomic E-state index is 12.0. The zero-order valence-corrected chi connectivity index (χ0v) is 12.3. The molecule has 0 aromatic carbocycles. The third kappa shape index (κ3) is 10.4. The molecule has 0 bridgehead atoms. The van der Waals surface area contributed by atoms with Crippen molar-refractivity contribution < 1.29 is 8.82 Å². The van der Waals surface area contributed by atoms with Crippen molar-refractivity contribution in [1.82, 2.24) is 0 Å². The Labute approximate surface area is 101 Å². The van der Waals surface area contributed by atoms with Crippen LogP contribution in [0.25, 0.3) is 0 Å². The Morgan fingerprint density at radius 1 is 1.19 bits per heavy atom. The Morgan fingerprint density at radius 3 is 2.38 bits per heavy atom.